The first kappa shape index (κ1) is 16.2. The van der Waals surface area contributed by atoms with Crippen LogP contribution in [0.25, 0.3) is 0 Å². The van der Waals surface area contributed by atoms with Crippen molar-refractivity contribution < 1.29 is 9.53 Å². The number of amides is 1. The number of nitrogens with two attached hydrogens (primary N) is 1. The highest BCUT2D eigenvalue weighted by Crippen LogP contribution is 2.21. The van der Waals surface area contributed by atoms with Crippen LogP contribution >= 0.6 is 31.9 Å². The zero-order valence-electron chi connectivity index (χ0n) is 11.1. The van der Waals surface area contributed by atoms with E-state index in [0.717, 1.165) is 20.1 Å². The Morgan fingerprint density at radius 3 is 2.33 bits per heavy atom. The lowest BCUT2D eigenvalue weighted by Crippen LogP contribution is -2.29. The molecule has 2 rings (SSSR count). The summed E-state index contributed by atoms with van der Waals surface area (Å²) in [4.78, 5) is 11.4. The SMILES string of the molecule is NNC(=O)c1ccc(COCc2ccccc2Br)c(Br)c1. The fourth-order valence-electron chi connectivity index (χ4n) is 1.78. The summed E-state index contributed by atoms with van der Waals surface area (Å²) < 4.78 is 7.55. The van der Waals surface area contributed by atoms with Crippen LogP contribution in [0.3, 0.4) is 0 Å². The lowest BCUT2D eigenvalue weighted by atomic mass is 10.1. The number of benzene rings is 2. The first-order chi connectivity index (χ1) is 10.1. The molecule has 4 nitrogen and oxygen atoms in total. The normalized spacial score (nSPS) is 10.4. The molecule has 0 aliphatic rings. The number of hydrazine groups is 1. The van der Waals surface area contributed by atoms with Gasteiger partial charge < -0.3 is 4.74 Å². The van der Waals surface area contributed by atoms with E-state index >= 15 is 0 Å². The highest BCUT2D eigenvalue weighted by atomic mass is 79.9. The van der Waals surface area contributed by atoms with Gasteiger partial charge in [0.25, 0.3) is 5.91 Å². The van der Waals surface area contributed by atoms with Crippen LogP contribution in [0, 0.1) is 0 Å². The molecular formula is C15H14Br2N2O2. The van der Waals surface area contributed by atoms with Gasteiger partial charge in [-0.25, -0.2) is 5.84 Å². The van der Waals surface area contributed by atoms with E-state index in [9.17, 15) is 4.79 Å². The quantitative estimate of drug-likeness (QED) is 0.447. The van der Waals surface area contributed by atoms with Crippen molar-refractivity contribution in [2.24, 2.45) is 5.84 Å². The van der Waals surface area contributed by atoms with Crippen molar-refractivity contribution in [2.45, 2.75) is 13.2 Å². The number of nitrogens with one attached hydrogen (secondary N) is 1. The predicted octanol–water partition coefficient (Wildman–Crippen LogP) is 3.53. The Labute approximate surface area is 139 Å². The number of hydrogen-bond acceptors (Lipinski definition) is 3. The zero-order chi connectivity index (χ0) is 15.2. The van der Waals surface area contributed by atoms with Crippen molar-refractivity contribution in [1.29, 1.82) is 0 Å². The first-order valence-corrected chi connectivity index (χ1v) is 7.81. The molecule has 0 heterocycles. The van der Waals surface area contributed by atoms with E-state index in [1.54, 1.807) is 12.1 Å². The van der Waals surface area contributed by atoms with Crippen molar-refractivity contribution in [1.82, 2.24) is 5.43 Å². The van der Waals surface area contributed by atoms with Crippen LogP contribution in [0.2, 0.25) is 0 Å². The van der Waals surface area contributed by atoms with Gasteiger partial charge in [-0.05, 0) is 29.3 Å². The molecule has 2 aromatic carbocycles. The van der Waals surface area contributed by atoms with E-state index in [-0.39, 0.29) is 5.91 Å². The van der Waals surface area contributed by atoms with Gasteiger partial charge in [-0.1, -0.05) is 56.1 Å². The number of halogens is 2. The molecule has 0 aliphatic carbocycles. The number of ether oxygens (including phenoxy) is 1. The van der Waals surface area contributed by atoms with E-state index in [1.807, 2.05) is 30.3 Å². The molecule has 2 aromatic rings. The zero-order valence-corrected chi connectivity index (χ0v) is 14.3. The van der Waals surface area contributed by atoms with Crippen molar-refractivity contribution in [2.75, 3.05) is 0 Å². The number of rotatable bonds is 5. The third kappa shape index (κ3) is 4.38. The van der Waals surface area contributed by atoms with Crippen LogP contribution in [0.1, 0.15) is 21.5 Å². The van der Waals surface area contributed by atoms with Crippen LogP contribution in [0.15, 0.2) is 51.4 Å². The van der Waals surface area contributed by atoms with Crippen LogP contribution in [-0.4, -0.2) is 5.91 Å². The highest BCUT2D eigenvalue weighted by Gasteiger charge is 2.07. The van der Waals surface area contributed by atoms with Gasteiger partial charge in [-0.3, -0.25) is 10.2 Å². The van der Waals surface area contributed by atoms with Crippen LogP contribution in [0.4, 0.5) is 0 Å². The Kier molecular flexibility index (Phi) is 5.93. The lowest BCUT2D eigenvalue weighted by molar-refractivity contribution is 0.0952. The molecule has 1 amide bonds. The van der Waals surface area contributed by atoms with Gasteiger partial charge in [0, 0.05) is 14.5 Å². The van der Waals surface area contributed by atoms with Crippen LogP contribution in [-0.2, 0) is 18.0 Å². The average Bonchev–Trinajstić information content (AvgIpc) is 2.50. The van der Waals surface area contributed by atoms with Crippen molar-refractivity contribution in [3.05, 3.63) is 68.1 Å². The first-order valence-electron chi connectivity index (χ1n) is 6.22. The molecule has 0 saturated carbocycles. The maximum absolute atomic E-state index is 11.4. The Balaban J connectivity index is 1.98. The molecule has 110 valence electrons. The van der Waals surface area contributed by atoms with Crippen LogP contribution < -0.4 is 11.3 Å². The van der Waals surface area contributed by atoms with E-state index in [2.05, 4.69) is 37.3 Å². The smallest absolute Gasteiger partial charge is 0.265 e. The Hall–Kier alpha value is -1.21. The molecule has 3 N–H and O–H groups in total. The van der Waals surface area contributed by atoms with Crippen molar-refractivity contribution in [3.63, 3.8) is 0 Å². The molecule has 0 bridgehead atoms. The van der Waals surface area contributed by atoms with Gasteiger partial charge in [-0.15, -0.1) is 0 Å². The van der Waals surface area contributed by atoms with E-state index < -0.39 is 0 Å². The summed E-state index contributed by atoms with van der Waals surface area (Å²) in [5.41, 5.74) is 4.66. The summed E-state index contributed by atoms with van der Waals surface area (Å²) in [7, 11) is 0. The molecule has 21 heavy (non-hydrogen) atoms. The fraction of sp³-hybridized carbons (Fsp3) is 0.133. The van der Waals surface area contributed by atoms with Gasteiger partial charge in [0.1, 0.15) is 0 Å². The number of carbonyl (C=O) groups excluding carboxylic acids is 1. The second-order valence-electron chi connectivity index (χ2n) is 4.36. The molecule has 0 saturated heterocycles. The average molecular weight is 414 g/mol. The largest absolute Gasteiger partial charge is 0.372 e. The molecule has 0 aromatic heterocycles. The lowest BCUT2D eigenvalue weighted by Gasteiger charge is -2.09. The summed E-state index contributed by atoms with van der Waals surface area (Å²) >= 11 is 6.92. The fourth-order valence-corrected chi connectivity index (χ4v) is 2.67. The minimum absolute atomic E-state index is 0.323. The number of hydrogen-bond donors (Lipinski definition) is 2. The molecule has 0 aliphatic heterocycles. The topological polar surface area (TPSA) is 64.3 Å². The monoisotopic (exact) mass is 412 g/mol. The van der Waals surface area contributed by atoms with Gasteiger partial charge >= 0.3 is 0 Å². The van der Waals surface area contributed by atoms with Gasteiger partial charge in [0.2, 0.25) is 0 Å². The van der Waals surface area contributed by atoms with Crippen molar-refractivity contribution >= 4 is 37.8 Å². The second-order valence-corrected chi connectivity index (χ2v) is 6.07. The van der Waals surface area contributed by atoms with E-state index in [0.29, 0.717) is 18.8 Å². The number of carbonyl (C=O) groups is 1. The van der Waals surface area contributed by atoms with E-state index in [1.165, 1.54) is 0 Å². The molecule has 6 heteroatoms. The maximum Gasteiger partial charge on any atom is 0.265 e. The molecular weight excluding hydrogens is 400 g/mol. The summed E-state index contributed by atoms with van der Waals surface area (Å²) in [6.07, 6.45) is 0. The summed E-state index contributed by atoms with van der Waals surface area (Å²) in [5, 5.41) is 0. The minimum Gasteiger partial charge on any atom is -0.372 e. The summed E-state index contributed by atoms with van der Waals surface area (Å²) in [5.74, 6) is 4.78. The molecule has 0 spiro atoms. The Bertz CT molecular complexity index is 647. The standard InChI is InChI=1S/C15H14Br2N2O2/c16-13-4-2-1-3-11(13)8-21-9-12-6-5-10(7-14(12)17)15(20)19-18/h1-7H,8-9,18H2,(H,19,20). The predicted molar refractivity (Wildman–Crippen MR) is 88.4 cm³/mol. The molecule has 0 unspecified atom stereocenters. The van der Waals surface area contributed by atoms with Gasteiger partial charge in [0.05, 0.1) is 13.2 Å². The summed E-state index contributed by atoms with van der Waals surface area (Å²) in [6.45, 7) is 0.964. The number of nitrogen functional groups attached to an aromatic ring is 1. The third-order valence-corrected chi connectivity index (χ3v) is 4.43. The van der Waals surface area contributed by atoms with Crippen molar-refractivity contribution in [3.8, 4) is 0 Å². The maximum atomic E-state index is 11.4. The molecule has 0 radical (unpaired) electrons. The molecule has 0 fully saturated rings. The molecule has 0 atom stereocenters. The third-order valence-electron chi connectivity index (χ3n) is 2.92. The van der Waals surface area contributed by atoms with Gasteiger partial charge in [-0.2, -0.15) is 0 Å². The second kappa shape index (κ2) is 7.70. The van der Waals surface area contributed by atoms with Gasteiger partial charge in [0.15, 0.2) is 0 Å². The Morgan fingerprint density at radius 2 is 1.71 bits per heavy atom. The minimum atomic E-state index is -0.323. The van der Waals surface area contributed by atoms with Crippen LogP contribution in [0.5, 0.6) is 0 Å². The highest BCUT2D eigenvalue weighted by molar-refractivity contribution is 9.10. The van der Waals surface area contributed by atoms with E-state index in [4.69, 9.17) is 10.6 Å². The summed E-state index contributed by atoms with van der Waals surface area (Å²) in [6, 6.07) is 13.2. The Morgan fingerprint density at radius 1 is 1.05 bits per heavy atom.